The molecule has 1 aromatic heterocycles. The van der Waals surface area contributed by atoms with Crippen molar-refractivity contribution in [3.8, 4) is 0 Å². The molecule has 1 saturated carbocycles. The van der Waals surface area contributed by atoms with E-state index in [4.69, 9.17) is 10.5 Å². The molecule has 0 spiro atoms. The van der Waals surface area contributed by atoms with Crippen molar-refractivity contribution in [3.63, 3.8) is 0 Å². The second-order valence-electron chi connectivity index (χ2n) is 5.44. The van der Waals surface area contributed by atoms with Crippen LogP contribution in [0.5, 0.6) is 0 Å². The van der Waals surface area contributed by atoms with Crippen molar-refractivity contribution in [2.45, 2.75) is 38.3 Å². The normalized spacial score (nSPS) is 17.3. The number of ether oxygens (including phenoxy) is 1. The van der Waals surface area contributed by atoms with Crippen LogP contribution in [-0.4, -0.2) is 47.2 Å². The molecule has 0 unspecified atom stereocenters. The molecular formula is C13H22N4O2. The number of carbonyl (C=O) groups is 1. The molecule has 1 fully saturated rings. The lowest BCUT2D eigenvalue weighted by Gasteiger charge is -2.47. The first-order chi connectivity index (χ1) is 8.91. The molecule has 106 valence electrons. The first-order valence-electron chi connectivity index (χ1n) is 6.49. The van der Waals surface area contributed by atoms with Crippen molar-refractivity contribution in [2.24, 2.45) is 0 Å². The Balaban J connectivity index is 2.31. The SMILES string of the molecule is COC(=O)c1nc(C)n(CC2(N(C)C)CCC2)c1N. The van der Waals surface area contributed by atoms with Gasteiger partial charge in [0.1, 0.15) is 11.6 Å². The number of carbonyl (C=O) groups excluding carboxylic acids is 1. The number of hydrogen-bond acceptors (Lipinski definition) is 5. The highest BCUT2D eigenvalue weighted by Gasteiger charge is 2.40. The smallest absolute Gasteiger partial charge is 0.360 e. The number of nitrogens with zero attached hydrogens (tertiary/aromatic N) is 3. The number of anilines is 1. The molecule has 1 heterocycles. The van der Waals surface area contributed by atoms with Crippen molar-refractivity contribution >= 4 is 11.8 Å². The number of imidazole rings is 1. The molecule has 0 bridgehead atoms. The molecule has 6 nitrogen and oxygen atoms in total. The van der Waals surface area contributed by atoms with Crippen LogP contribution in [0, 0.1) is 6.92 Å². The Kier molecular flexibility index (Phi) is 3.54. The molecular weight excluding hydrogens is 244 g/mol. The number of nitrogen functional groups attached to an aromatic ring is 1. The van der Waals surface area contributed by atoms with Gasteiger partial charge < -0.3 is 19.9 Å². The van der Waals surface area contributed by atoms with E-state index >= 15 is 0 Å². The van der Waals surface area contributed by atoms with Crippen LogP contribution in [0.2, 0.25) is 0 Å². The number of methoxy groups -OCH3 is 1. The summed E-state index contributed by atoms with van der Waals surface area (Å²) in [6, 6.07) is 0. The quantitative estimate of drug-likeness (QED) is 0.824. The molecule has 1 aromatic rings. The molecule has 2 rings (SSSR count). The maximum absolute atomic E-state index is 11.6. The number of aryl methyl sites for hydroxylation is 1. The van der Waals surface area contributed by atoms with Gasteiger partial charge in [-0.2, -0.15) is 0 Å². The van der Waals surface area contributed by atoms with Crippen LogP contribution in [0.25, 0.3) is 0 Å². The Morgan fingerprint density at radius 3 is 2.58 bits per heavy atom. The molecule has 19 heavy (non-hydrogen) atoms. The number of nitrogens with two attached hydrogens (primary N) is 1. The molecule has 1 aliphatic rings. The largest absolute Gasteiger partial charge is 0.464 e. The summed E-state index contributed by atoms with van der Waals surface area (Å²) < 4.78 is 6.62. The number of rotatable bonds is 4. The molecule has 0 aromatic carbocycles. The van der Waals surface area contributed by atoms with E-state index in [1.54, 1.807) is 0 Å². The standard InChI is InChI=1S/C13H22N4O2/c1-9-15-10(12(18)19-4)11(14)17(9)8-13(16(2)3)6-5-7-13/h5-8,14H2,1-4H3. The van der Waals surface area contributed by atoms with Gasteiger partial charge in [0.25, 0.3) is 0 Å². The van der Waals surface area contributed by atoms with E-state index in [-0.39, 0.29) is 11.2 Å². The van der Waals surface area contributed by atoms with Crippen LogP contribution in [0.1, 0.15) is 35.6 Å². The third-order valence-electron chi connectivity index (χ3n) is 4.26. The number of likely N-dealkylation sites (N-methyl/N-ethyl adjacent to an activating group) is 1. The van der Waals surface area contributed by atoms with Crippen molar-refractivity contribution in [1.29, 1.82) is 0 Å². The third kappa shape index (κ3) is 2.20. The first-order valence-corrected chi connectivity index (χ1v) is 6.49. The zero-order valence-electron chi connectivity index (χ0n) is 12.1. The van der Waals surface area contributed by atoms with Gasteiger partial charge in [0.15, 0.2) is 5.69 Å². The predicted octanol–water partition coefficient (Wildman–Crippen LogP) is 1.04. The monoisotopic (exact) mass is 266 g/mol. The summed E-state index contributed by atoms with van der Waals surface area (Å²) >= 11 is 0. The zero-order chi connectivity index (χ0) is 14.2. The lowest BCUT2D eigenvalue weighted by molar-refractivity contribution is 0.0423. The van der Waals surface area contributed by atoms with Gasteiger partial charge in [-0.3, -0.25) is 0 Å². The maximum Gasteiger partial charge on any atom is 0.360 e. The van der Waals surface area contributed by atoms with Gasteiger partial charge in [0.05, 0.1) is 7.11 Å². The second-order valence-corrected chi connectivity index (χ2v) is 5.44. The van der Waals surface area contributed by atoms with Crippen LogP contribution in [0.15, 0.2) is 0 Å². The summed E-state index contributed by atoms with van der Waals surface area (Å²) in [6.07, 6.45) is 3.52. The van der Waals surface area contributed by atoms with Crippen molar-refractivity contribution in [3.05, 3.63) is 11.5 Å². The number of hydrogen-bond donors (Lipinski definition) is 1. The van der Waals surface area contributed by atoms with Gasteiger partial charge in [-0.1, -0.05) is 0 Å². The van der Waals surface area contributed by atoms with Crippen molar-refractivity contribution < 1.29 is 9.53 Å². The van der Waals surface area contributed by atoms with Gasteiger partial charge in [-0.15, -0.1) is 0 Å². The molecule has 0 atom stereocenters. The van der Waals surface area contributed by atoms with E-state index in [0.29, 0.717) is 5.82 Å². The van der Waals surface area contributed by atoms with Gasteiger partial charge in [-0.25, -0.2) is 9.78 Å². The van der Waals surface area contributed by atoms with E-state index in [1.165, 1.54) is 13.5 Å². The highest BCUT2D eigenvalue weighted by atomic mass is 16.5. The van der Waals surface area contributed by atoms with E-state index < -0.39 is 5.97 Å². The minimum absolute atomic E-state index is 0.132. The minimum Gasteiger partial charge on any atom is -0.464 e. The summed E-state index contributed by atoms with van der Waals surface area (Å²) in [7, 11) is 5.51. The fraction of sp³-hybridized carbons (Fsp3) is 0.692. The maximum atomic E-state index is 11.6. The molecule has 1 aliphatic carbocycles. The molecule has 6 heteroatoms. The van der Waals surface area contributed by atoms with E-state index in [2.05, 4.69) is 24.0 Å². The Bertz CT molecular complexity index is 489. The van der Waals surface area contributed by atoms with Crippen LogP contribution >= 0.6 is 0 Å². The number of aromatic nitrogens is 2. The molecule has 0 radical (unpaired) electrons. The summed E-state index contributed by atoms with van der Waals surface area (Å²) in [5, 5.41) is 0. The first kappa shape index (κ1) is 13.9. The van der Waals surface area contributed by atoms with Crippen LogP contribution in [0.3, 0.4) is 0 Å². The Morgan fingerprint density at radius 1 is 1.53 bits per heavy atom. The summed E-state index contributed by atoms with van der Waals surface area (Å²) in [4.78, 5) is 18.1. The molecule has 0 amide bonds. The minimum atomic E-state index is -0.480. The highest BCUT2D eigenvalue weighted by Crippen LogP contribution is 2.38. The average molecular weight is 266 g/mol. The summed E-state index contributed by atoms with van der Waals surface area (Å²) in [5.41, 5.74) is 6.40. The van der Waals surface area contributed by atoms with E-state index in [9.17, 15) is 4.79 Å². The van der Waals surface area contributed by atoms with E-state index in [0.717, 1.165) is 25.2 Å². The van der Waals surface area contributed by atoms with Crippen LogP contribution < -0.4 is 5.73 Å². The molecule has 2 N–H and O–H groups in total. The van der Waals surface area contributed by atoms with Crippen molar-refractivity contribution in [1.82, 2.24) is 14.5 Å². The third-order valence-corrected chi connectivity index (χ3v) is 4.26. The van der Waals surface area contributed by atoms with Gasteiger partial charge in [-0.05, 0) is 40.3 Å². The van der Waals surface area contributed by atoms with Gasteiger partial charge in [0, 0.05) is 12.1 Å². The topological polar surface area (TPSA) is 73.4 Å². The lowest BCUT2D eigenvalue weighted by Crippen LogP contribution is -2.53. The Hall–Kier alpha value is -1.56. The fourth-order valence-electron chi connectivity index (χ4n) is 2.65. The lowest BCUT2D eigenvalue weighted by atomic mass is 9.75. The van der Waals surface area contributed by atoms with Crippen LogP contribution in [-0.2, 0) is 11.3 Å². The average Bonchev–Trinajstić information content (AvgIpc) is 2.59. The van der Waals surface area contributed by atoms with Gasteiger partial charge in [0.2, 0.25) is 0 Å². The van der Waals surface area contributed by atoms with Crippen molar-refractivity contribution in [2.75, 3.05) is 26.9 Å². The fourth-order valence-corrected chi connectivity index (χ4v) is 2.65. The van der Waals surface area contributed by atoms with Gasteiger partial charge >= 0.3 is 5.97 Å². The Labute approximate surface area is 113 Å². The predicted molar refractivity (Wildman–Crippen MR) is 73.0 cm³/mol. The Morgan fingerprint density at radius 2 is 2.16 bits per heavy atom. The number of esters is 1. The van der Waals surface area contributed by atoms with Crippen LogP contribution in [0.4, 0.5) is 5.82 Å². The van der Waals surface area contributed by atoms with E-state index in [1.807, 2.05) is 11.5 Å². The zero-order valence-corrected chi connectivity index (χ0v) is 12.1. The summed E-state index contributed by atoms with van der Waals surface area (Å²) in [6.45, 7) is 2.63. The molecule has 0 aliphatic heterocycles. The highest BCUT2D eigenvalue weighted by molar-refractivity contribution is 5.92. The molecule has 0 saturated heterocycles. The summed E-state index contributed by atoms with van der Waals surface area (Å²) in [5.74, 6) is 0.676. The second kappa shape index (κ2) is 4.85.